The number of ether oxygens (including phenoxy) is 4. The summed E-state index contributed by atoms with van der Waals surface area (Å²) in [6, 6.07) is 0.0315. The summed E-state index contributed by atoms with van der Waals surface area (Å²) in [6.45, 7) is 9.22. The topological polar surface area (TPSA) is 41.3 Å². The lowest BCUT2D eigenvalue weighted by Crippen LogP contribution is -2.53. The molecule has 5 heteroatoms. The Morgan fingerprint density at radius 2 is 1.84 bits per heavy atom. The van der Waals surface area contributed by atoms with Crippen LogP contribution in [-0.2, 0) is 18.9 Å². The van der Waals surface area contributed by atoms with Gasteiger partial charge in [-0.05, 0) is 25.7 Å². The van der Waals surface area contributed by atoms with Crippen LogP contribution < -0.4 is 0 Å². The number of hydrogen-bond donors (Lipinski definition) is 0. The van der Waals surface area contributed by atoms with Crippen molar-refractivity contribution in [2.75, 3.05) is 0 Å². The average Bonchev–Trinajstić information content (AvgIpc) is 3.11. The van der Waals surface area contributed by atoms with E-state index in [4.69, 9.17) is 25.5 Å². The van der Waals surface area contributed by atoms with E-state index in [2.05, 4.69) is 4.85 Å². The molecule has 0 amide bonds. The van der Waals surface area contributed by atoms with Crippen LogP contribution in [0.3, 0.4) is 0 Å². The normalized spacial score (nSPS) is 48.6. The van der Waals surface area contributed by atoms with Crippen molar-refractivity contribution < 1.29 is 18.9 Å². The van der Waals surface area contributed by atoms with Gasteiger partial charge < -0.3 is 23.8 Å². The number of nitrogens with zero attached hydrogens (tertiary/aromatic N) is 1. The van der Waals surface area contributed by atoms with E-state index in [1.807, 2.05) is 6.92 Å². The quantitative estimate of drug-likeness (QED) is 0.716. The Kier molecular flexibility index (Phi) is 3.91. The Morgan fingerprint density at radius 3 is 2.64 bits per heavy atom. The van der Waals surface area contributed by atoms with E-state index in [-0.39, 0.29) is 47.9 Å². The van der Waals surface area contributed by atoms with Gasteiger partial charge in [0, 0.05) is 39.0 Å². The minimum Gasteiger partial charge on any atom is -0.369 e. The molecule has 0 aromatic heterocycles. The molecule has 0 aromatic rings. The fourth-order valence-corrected chi connectivity index (χ4v) is 5.93. The molecule has 0 N–H and O–H groups in total. The molecule has 5 rings (SSSR count). The predicted molar refractivity (Wildman–Crippen MR) is 91.0 cm³/mol. The molecule has 2 saturated carbocycles. The summed E-state index contributed by atoms with van der Waals surface area (Å²) in [6.07, 6.45) is 11.1. The zero-order valence-electron chi connectivity index (χ0n) is 15.1. The Labute approximate surface area is 150 Å². The Hall–Kier alpha value is -0.670. The fourth-order valence-electron chi connectivity index (χ4n) is 5.93. The van der Waals surface area contributed by atoms with Crippen LogP contribution in [0.2, 0.25) is 0 Å². The average molecular weight is 347 g/mol. The molecule has 3 saturated heterocycles. The van der Waals surface area contributed by atoms with Crippen LogP contribution in [0, 0.1) is 6.57 Å². The Balaban J connectivity index is 1.33. The smallest absolute Gasteiger partial charge is 0.223 e. The molecule has 3 aliphatic heterocycles. The molecular weight excluding hydrogens is 318 g/mol. The van der Waals surface area contributed by atoms with E-state index in [0.717, 1.165) is 44.9 Å². The van der Waals surface area contributed by atoms with Gasteiger partial charge in [-0.1, -0.05) is 6.42 Å². The molecule has 0 radical (unpaired) electrons. The van der Waals surface area contributed by atoms with Crippen molar-refractivity contribution in [2.45, 2.75) is 119 Å². The van der Waals surface area contributed by atoms with Gasteiger partial charge in [0.1, 0.15) is 6.10 Å². The molecule has 5 fully saturated rings. The van der Waals surface area contributed by atoms with Crippen LogP contribution >= 0.6 is 0 Å². The minimum atomic E-state index is -0.347. The first-order chi connectivity index (χ1) is 12.1. The van der Waals surface area contributed by atoms with E-state index in [0.29, 0.717) is 0 Å². The molecule has 1 unspecified atom stereocenters. The first kappa shape index (κ1) is 16.5. The summed E-state index contributed by atoms with van der Waals surface area (Å²) in [5.74, 6) is -0.347. The van der Waals surface area contributed by atoms with Crippen molar-refractivity contribution in [1.82, 2.24) is 0 Å². The summed E-state index contributed by atoms with van der Waals surface area (Å²) in [7, 11) is 0. The van der Waals surface area contributed by atoms with Crippen LogP contribution in [-0.4, -0.2) is 47.9 Å². The zero-order valence-corrected chi connectivity index (χ0v) is 15.1. The monoisotopic (exact) mass is 347 g/mol. The van der Waals surface area contributed by atoms with Crippen molar-refractivity contribution in [3.05, 3.63) is 11.4 Å². The van der Waals surface area contributed by atoms with Gasteiger partial charge in [-0.3, -0.25) is 0 Å². The van der Waals surface area contributed by atoms with Crippen molar-refractivity contribution in [3.8, 4) is 0 Å². The summed E-state index contributed by atoms with van der Waals surface area (Å²) in [5, 5.41) is 0. The molecule has 0 aromatic carbocycles. The minimum absolute atomic E-state index is 0.0315. The fraction of sp³-hybridized carbons (Fsp3) is 0.950. The van der Waals surface area contributed by atoms with Gasteiger partial charge >= 0.3 is 0 Å². The maximum absolute atomic E-state index is 7.23. The molecule has 5 aliphatic rings. The lowest BCUT2D eigenvalue weighted by Gasteiger charge is -2.44. The van der Waals surface area contributed by atoms with Crippen molar-refractivity contribution in [2.24, 2.45) is 0 Å². The van der Waals surface area contributed by atoms with E-state index in [1.165, 1.54) is 19.3 Å². The van der Waals surface area contributed by atoms with Gasteiger partial charge in [0.25, 0.3) is 0 Å². The first-order valence-electron chi connectivity index (χ1n) is 10.2. The SMILES string of the molecule is [C-]#[N+][C@H](C)C[C@H]1CC[C@@H]2O[C@@H]3C[C@]2(C[C@H]2OC4(CCCCC4)OC32)O1. The van der Waals surface area contributed by atoms with Gasteiger partial charge in [0.15, 0.2) is 5.79 Å². The highest BCUT2D eigenvalue weighted by Crippen LogP contribution is 2.55. The van der Waals surface area contributed by atoms with Gasteiger partial charge in [0.2, 0.25) is 6.04 Å². The largest absolute Gasteiger partial charge is 0.369 e. The molecule has 138 valence electrons. The van der Waals surface area contributed by atoms with Crippen LogP contribution in [0.15, 0.2) is 0 Å². The second kappa shape index (κ2) is 5.92. The third-order valence-corrected chi connectivity index (χ3v) is 7.06. The zero-order chi connectivity index (χ0) is 17.1. The van der Waals surface area contributed by atoms with Crippen LogP contribution in [0.5, 0.6) is 0 Å². The number of rotatable bonds is 2. The van der Waals surface area contributed by atoms with Crippen LogP contribution in [0.1, 0.15) is 71.1 Å². The van der Waals surface area contributed by atoms with E-state index >= 15 is 0 Å². The summed E-state index contributed by atoms with van der Waals surface area (Å²) in [4.78, 5) is 3.65. The molecule has 2 aliphatic carbocycles. The summed E-state index contributed by atoms with van der Waals surface area (Å²) < 4.78 is 26.1. The third kappa shape index (κ3) is 2.65. The van der Waals surface area contributed by atoms with Gasteiger partial charge in [0.05, 0.1) is 30.0 Å². The predicted octanol–water partition coefficient (Wildman–Crippen LogP) is 3.61. The number of fused-ring (bicyclic) bond motifs is 3. The maximum Gasteiger partial charge on any atom is 0.223 e. The maximum atomic E-state index is 7.23. The van der Waals surface area contributed by atoms with Crippen molar-refractivity contribution in [3.63, 3.8) is 0 Å². The van der Waals surface area contributed by atoms with E-state index in [9.17, 15) is 0 Å². The molecule has 2 bridgehead atoms. The van der Waals surface area contributed by atoms with Crippen LogP contribution in [0.25, 0.3) is 4.85 Å². The molecule has 25 heavy (non-hydrogen) atoms. The molecular formula is C20H29NO4. The molecule has 3 heterocycles. The first-order valence-corrected chi connectivity index (χ1v) is 10.2. The Morgan fingerprint density at radius 1 is 1.04 bits per heavy atom. The molecule has 5 nitrogen and oxygen atoms in total. The Bertz CT molecular complexity index is 569. The standard InChI is InChI=1S/C20H29NO4/c1-13(21-2)10-14-6-7-17-19(23-14)11-15(22-17)18-16(12-19)24-20(25-18)8-4-3-5-9-20/h13-18H,3-12H2,1H3/t13-,14-,15-,16-,17+,18?,19-/m1/s1. The third-order valence-electron chi connectivity index (χ3n) is 7.06. The van der Waals surface area contributed by atoms with Gasteiger partial charge in [-0.15, -0.1) is 0 Å². The van der Waals surface area contributed by atoms with E-state index < -0.39 is 0 Å². The summed E-state index contributed by atoms with van der Waals surface area (Å²) >= 11 is 0. The molecule has 2 spiro atoms. The molecule has 7 atom stereocenters. The van der Waals surface area contributed by atoms with Crippen molar-refractivity contribution >= 4 is 0 Å². The highest BCUT2D eigenvalue weighted by molar-refractivity contribution is 5.12. The lowest BCUT2D eigenvalue weighted by atomic mass is 9.76. The van der Waals surface area contributed by atoms with Gasteiger partial charge in [-0.2, -0.15) is 0 Å². The second-order valence-electron chi connectivity index (χ2n) is 8.88. The van der Waals surface area contributed by atoms with E-state index in [1.54, 1.807) is 0 Å². The highest BCUT2D eigenvalue weighted by Gasteiger charge is 2.65. The van der Waals surface area contributed by atoms with Crippen LogP contribution in [0.4, 0.5) is 0 Å². The summed E-state index contributed by atoms with van der Waals surface area (Å²) in [5.41, 5.74) is -0.208. The number of hydrogen-bond acceptors (Lipinski definition) is 4. The lowest BCUT2D eigenvalue weighted by molar-refractivity contribution is -0.215. The second-order valence-corrected chi connectivity index (χ2v) is 8.88. The highest BCUT2D eigenvalue weighted by atomic mass is 16.8. The van der Waals surface area contributed by atoms with Crippen molar-refractivity contribution in [1.29, 1.82) is 0 Å². The van der Waals surface area contributed by atoms with Gasteiger partial charge in [-0.25, -0.2) is 6.57 Å².